The van der Waals surface area contributed by atoms with E-state index in [0.717, 1.165) is 12.1 Å². The third kappa shape index (κ3) is 5.45. The Hall–Kier alpha value is -4.50. The topological polar surface area (TPSA) is 134 Å². The lowest BCUT2D eigenvalue weighted by Crippen LogP contribution is -1.94. The molecule has 3 rings (SSSR count). The lowest BCUT2D eigenvalue weighted by molar-refractivity contribution is -0.385. The highest BCUT2D eigenvalue weighted by atomic mass is 35.5. The number of hydrogen-bond donors (Lipinski definition) is 0. The van der Waals surface area contributed by atoms with Crippen molar-refractivity contribution in [2.75, 3.05) is 0 Å². The Morgan fingerprint density at radius 2 is 1.06 bits per heavy atom. The van der Waals surface area contributed by atoms with E-state index in [0.29, 0.717) is 11.1 Å². The molecule has 0 bridgehead atoms. The van der Waals surface area contributed by atoms with Crippen LogP contribution < -0.4 is 0 Å². The minimum absolute atomic E-state index is 0.116. The first-order valence-electron chi connectivity index (χ1n) is 9.45. The minimum Gasteiger partial charge on any atom is -0.258 e. The van der Waals surface area contributed by atoms with Crippen molar-refractivity contribution < 1.29 is 9.85 Å². The van der Waals surface area contributed by atoms with Crippen LogP contribution in [0.5, 0.6) is 0 Å². The number of hydrogen-bond acceptors (Lipinski definition) is 6. The molecule has 3 aromatic carbocycles. The van der Waals surface area contributed by atoms with Crippen LogP contribution in [0.3, 0.4) is 0 Å². The third-order valence-corrected chi connectivity index (χ3v) is 5.31. The van der Waals surface area contributed by atoms with Gasteiger partial charge in [-0.15, -0.1) is 0 Å². The van der Waals surface area contributed by atoms with Crippen molar-refractivity contribution in [2.24, 2.45) is 0 Å². The number of nitriles is 2. The fourth-order valence-corrected chi connectivity index (χ4v) is 3.62. The van der Waals surface area contributed by atoms with Crippen LogP contribution >= 0.6 is 23.2 Å². The van der Waals surface area contributed by atoms with E-state index < -0.39 is 9.85 Å². The first kappa shape index (κ1) is 24.1. The molecule has 0 fully saturated rings. The SMILES string of the molecule is N#Cc1ccc(/C(Cl)=C\c2ccc(/C=C(/Cl)c3ccc(C#N)cc3[N+](=O)[O-])cc2)c([N+](=O)[O-])c1. The van der Waals surface area contributed by atoms with Gasteiger partial charge in [0.2, 0.25) is 0 Å². The molecule has 8 nitrogen and oxygen atoms in total. The van der Waals surface area contributed by atoms with Crippen LogP contribution in [0.2, 0.25) is 0 Å². The summed E-state index contributed by atoms with van der Waals surface area (Å²) in [5, 5.41) is 40.8. The summed E-state index contributed by atoms with van der Waals surface area (Å²) in [6.07, 6.45) is 3.08. The van der Waals surface area contributed by atoms with E-state index in [2.05, 4.69) is 0 Å². The summed E-state index contributed by atoms with van der Waals surface area (Å²) in [6, 6.07) is 18.5. The summed E-state index contributed by atoms with van der Waals surface area (Å²) in [6.45, 7) is 0. The van der Waals surface area contributed by atoms with Crippen molar-refractivity contribution >= 4 is 56.8 Å². The molecule has 166 valence electrons. The van der Waals surface area contributed by atoms with Crippen LogP contribution in [-0.2, 0) is 0 Å². The van der Waals surface area contributed by atoms with Crippen molar-refractivity contribution in [3.8, 4) is 12.1 Å². The Balaban J connectivity index is 1.91. The molecule has 0 spiro atoms. The Morgan fingerprint density at radius 3 is 1.35 bits per heavy atom. The number of nitro benzene ring substituents is 2. The zero-order chi connectivity index (χ0) is 24.8. The molecule has 0 atom stereocenters. The summed E-state index contributed by atoms with van der Waals surface area (Å²) in [7, 11) is 0. The largest absolute Gasteiger partial charge is 0.279 e. The Bertz CT molecular complexity index is 1340. The summed E-state index contributed by atoms with van der Waals surface area (Å²) < 4.78 is 0. The van der Waals surface area contributed by atoms with Gasteiger partial charge in [-0.2, -0.15) is 10.5 Å². The molecule has 0 unspecified atom stereocenters. The third-order valence-electron chi connectivity index (χ3n) is 4.68. The standard InChI is InChI=1S/C24H12Cl2N4O4/c25-21(19-7-5-17(13-27)11-23(19)29(31)32)9-15-1-2-16(4-3-15)10-22(26)20-8-6-18(14-28)12-24(20)30(33)34/h1-12H/b21-9+,22-10+. The molecule has 0 amide bonds. The minimum atomic E-state index is -0.607. The number of rotatable bonds is 6. The molecule has 0 saturated heterocycles. The smallest absolute Gasteiger partial charge is 0.258 e. The number of halogens is 2. The lowest BCUT2D eigenvalue weighted by Gasteiger charge is -2.04. The molecule has 0 aliphatic rings. The van der Waals surface area contributed by atoms with Gasteiger partial charge < -0.3 is 0 Å². The van der Waals surface area contributed by atoms with Gasteiger partial charge in [-0.3, -0.25) is 20.2 Å². The van der Waals surface area contributed by atoms with Crippen LogP contribution in [0.25, 0.3) is 22.2 Å². The van der Waals surface area contributed by atoms with Gasteiger partial charge in [-0.25, -0.2) is 0 Å². The van der Waals surface area contributed by atoms with Crippen LogP contribution in [-0.4, -0.2) is 9.85 Å². The second-order valence-corrected chi connectivity index (χ2v) is 7.67. The van der Waals surface area contributed by atoms with Gasteiger partial charge in [0.25, 0.3) is 11.4 Å². The highest BCUT2D eigenvalue weighted by molar-refractivity contribution is 6.52. The average Bonchev–Trinajstić information content (AvgIpc) is 2.84. The Morgan fingerprint density at radius 1 is 0.706 bits per heavy atom. The summed E-state index contributed by atoms with van der Waals surface area (Å²) in [4.78, 5) is 21.5. The molecule has 0 saturated carbocycles. The van der Waals surface area contributed by atoms with Crippen LogP contribution in [0.4, 0.5) is 11.4 Å². The number of nitrogens with zero attached hydrogens (tertiary/aromatic N) is 4. The predicted octanol–water partition coefficient (Wildman–Crippen LogP) is 6.72. The summed E-state index contributed by atoms with van der Waals surface area (Å²) in [5.74, 6) is 0. The van der Waals surface area contributed by atoms with Gasteiger partial charge in [-0.05, 0) is 47.5 Å². The van der Waals surface area contributed by atoms with E-state index in [1.54, 1.807) is 24.3 Å². The maximum Gasteiger partial charge on any atom is 0.279 e. The monoisotopic (exact) mass is 490 g/mol. The van der Waals surface area contributed by atoms with Crippen LogP contribution in [0, 0.1) is 42.9 Å². The number of nitro groups is 2. The normalized spacial score (nSPS) is 11.4. The lowest BCUT2D eigenvalue weighted by atomic mass is 10.1. The maximum atomic E-state index is 11.3. The van der Waals surface area contributed by atoms with Crippen molar-refractivity contribution in [1.82, 2.24) is 0 Å². The van der Waals surface area contributed by atoms with Gasteiger partial charge in [-0.1, -0.05) is 47.5 Å². The molecule has 3 aromatic rings. The highest BCUT2D eigenvalue weighted by Gasteiger charge is 2.18. The molecule has 10 heteroatoms. The molecule has 0 radical (unpaired) electrons. The van der Waals surface area contributed by atoms with Crippen molar-refractivity contribution in [3.05, 3.63) is 114 Å². The second kappa shape index (κ2) is 10.4. The average molecular weight is 491 g/mol. The van der Waals surface area contributed by atoms with Crippen LogP contribution in [0.1, 0.15) is 33.4 Å². The van der Waals surface area contributed by atoms with Crippen molar-refractivity contribution in [2.45, 2.75) is 0 Å². The fraction of sp³-hybridized carbons (Fsp3) is 0. The zero-order valence-electron chi connectivity index (χ0n) is 17.1. The molecule has 0 aromatic heterocycles. The van der Waals surface area contributed by atoms with E-state index in [4.69, 9.17) is 33.7 Å². The number of benzene rings is 3. The first-order chi connectivity index (χ1) is 16.2. The van der Waals surface area contributed by atoms with Gasteiger partial charge in [0, 0.05) is 12.1 Å². The molecule has 0 aliphatic heterocycles. The summed E-state index contributed by atoms with van der Waals surface area (Å²) >= 11 is 12.6. The molecule has 34 heavy (non-hydrogen) atoms. The van der Waals surface area contributed by atoms with Crippen molar-refractivity contribution in [1.29, 1.82) is 10.5 Å². The van der Waals surface area contributed by atoms with Gasteiger partial charge in [0.1, 0.15) is 0 Å². The Kier molecular flexibility index (Phi) is 7.39. The van der Waals surface area contributed by atoms with E-state index in [1.807, 2.05) is 12.1 Å². The van der Waals surface area contributed by atoms with E-state index >= 15 is 0 Å². The molecule has 0 aliphatic carbocycles. The van der Waals surface area contributed by atoms with Gasteiger partial charge in [0.05, 0.1) is 54.3 Å². The Labute approximate surface area is 203 Å². The summed E-state index contributed by atoms with van der Waals surface area (Å²) in [5.41, 5.74) is 1.36. The molecular weight excluding hydrogens is 479 g/mol. The zero-order valence-corrected chi connectivity index (χ0v) is 18.6. The molecule has 0 N–H and O–H groups in total. The van der Waals surface area contributed by atoms with Gasteiger partial charge >= 0.3 is 0 Å². The van der Waals surface area contributed by atoms with Crippen LogP contribution in [0.15, 0.2) is 60.7 Å². The fourth-order valence-electron chi connectivity index (χ4n) is 3.05. The predicted molar refractivity (Wildman–Crippen MR) is 130 cm³/mol. The second-order valence-electron chi connectivity index (χ2n) is 6.85. The van der Waals surface area contributed by atoms with Gasteiger partial charge in [0.15, 0.2) is 0 Å². The van der Waals surface area contributed by atoms with E-state index in [9.17, 15) is 20.2 Å². The van der Waals surface area contributed by atoms with Crippen molar-refractivity contribution in [3.63, 3.8) is 0 Å². The first-order valence-corrected chi connectivity index (χ1v) is 10.2. The highest BCUT2D eigenvalue weighted by Crippen LogP contribution is 2.33. The van der Waals surface area contributed by atoms with E-state index in [1.165, 1.54) is 36.4 Å². The maximum absolute atomic E-state index is 11.3. The van der Waals surface area contributed by atoms with E-state index in [-0.39, 0.29) is 43.7 Å². The quantitative estimate of drug-likeness (QED) is 0.213. The molecule has 0 heterocycles. The molecular formula is C24H12Cl2N4O4.